The third-order valence-corrected chi connectivity index (χ3v) is 3.59. The molecule has 3 rings (SSSR count). The maximum Gasteiger partial charge on any atom is 0.254 e. The number of nitrogens with zero attached hydrogens (tertiary/aromatic N) is 1. The monoisotopic (exact) mass is 335 g/mol. The Morgan fingerprint density at radius 2 is 2.40 bits per heavy atom. The van der Waals surface area contributed by atoms with Crippen LogP contribution >= 0.6 is 15.9 Å². The van der Waals surface area contributed by atoms with Gasteiger partial charge >= 0.3 is 0 Å². The van der Waals surface area contributed by atoms with Crippen molar-refractivity contribution in [1.29, 1.82) is 0 Å². The van der Waals surface area contributed by atoms with E-state index in [9.17, 15) is 4.79 Å². The zero-order valence-electron chi connectivity index (χ0n) is 10.7. The first-order chi connectivity index (χ1) is 9.74. The first-order valence-electron chi connectivity index (χ1n) is 6.41. The summed E-state index contributed by atoms with van der Waals surface area (Å²) in [6, 6.07) is 7.67. The number of para-hydroxylation sites is 1. The zero-order chi connectivity index (χ0) is 13.9. The van der Waals surface area contributed by atoms with Crippen molar-refractivity contribution in [2.45, 2.75) is 6.10 Å². The Morgan fingerprint density at radius 1 is 1.50 bits per heavy atom. The molecule has 1 aromatic carbocycles. The molecule has 2 aromatic rings. The lowest BCUT2D eigenvalue weighted by Gasteiger charge is -2.22. The molecule has 6 heteroatoms. The molecule has 0 aliphatic carbocycles. The zero-order valence-corrected chi connectivity index (χ0v) is 12.3. The van der Waals surface area contributed by atoms with Crippen molar-refractivity contribution in [2.75, 3.05) is 25.0 Å². The van der Waals surface area contributed by atoms with Gasteiger partial charge in [-0.05, 0) is 28.1 Å². The number of halogens is 1. The van der Waals surface area contributed by atoms with Gasteiger partial charge in [-0.1, -0.05) is 12.1 Å². The molecule has 0 saturated carbocycles. The molecule has 1 aliphatic rings. The number of nitrogens with one attached hydrogen (secondary N) is 2. The van der Waals surface area contributed by atoms with E-state index in [1.807, 2.05) is 24.3 Å². The number of ether oxygens (including phenoxy) is 1. The van der Waals surface area contributed by atoms with Gasteiger partial charge in [-0.25, -0.2) is 0 Å². The van der Waals surface area contributed by atoms with Gasteiger partial charge in [-0.3, -0.25) is 9.78 Å². The Hall–Kier alpha value is -1.50. The summed E-state index contributed by atoms with van der Waals surface area (Å²) in [5, 5.41) is 7.00. The molecular weight excluding hydrogens is 322 g/mol. The van der Waals surface area contributed by atoms with Gasteiger partial charge in [0.05, 0.1) is 17.8 Å². The molecule has 104 valence electrons. The number of rotatable bonds is 2. The van der Waals surface area contributed by atoms with Crippen molar-refractivity contribution in [3.63, 3.8) is 0 Å². The lowest BCUT2D eigenvalue weighted by atomic mass is 10.2. The van der Waals surface area contributed by atoms with E-state index >= 15 is 0 Å². The van der Waals surface area contributed by atoms with Crippen LogP contribution in [0.1, 0.15) is 0 Å². The fraction of sp³-hybridized carbons (Fsp3) is 0.286. The molecule has 0 spiro atoms. The van der Waals surface area contributed by atoms with Crippen molar-refractivity contribution >= 4 is 38.4 Å². The maximum absolute atomic E-state index is 12.2. The topological polar surface area (TPSA) is 63.2 Å². The van der Waals surface area contributed by atoms with Gasteiger partial charge < -0.3 is 15.4 Å². The number of amides is 1. The fourth-order valence-electron chi connectivity index (χ4n) is 2.18. The summed E-state index contributed by atoms with van der Waals surface area (Å²) >= 11 is 3.39. The SMILES string of the molecule is O=C(Nc1cccc2cc(Br)cnc12)C1CNCCO1. The molecule has 0 bridgehead atoms. The van der Waals surface area contributed by atoms with Crippen molar-refractivity contribution in [3.8, 4) is 0 Å². The van der Waals surface area contributed by atoms with Crippen LogP contribution in [0.2, 0.25) is 0 Å². The Kier molecular flexibility index (Phi) is 3.95. The highest BCUT2D eigenvalue weighted by Crippen LogP contribution is 2.24. The van der Waals surface area contributed by atoms with Crippen LogP contribution in [0.3, 0.4) is 0 Å². The van der Waals surface area contributed by atoms with Crippen LogP contribution in [0.4, 0.5) is 5.69 Å². The minimum absolute atomic E-state index is 0.144. The molecule has 1 aliphatic heterocycles. The van der Waals surface area contributed by atoms with E-state index in [4.69, 9.17) is 4.74 Å². The van der Waals surface area contributed by atoms with E-state index in [-0.39, 0.29) is 5.91 Å². The summed E-state index contributed by atoms with van der Waals surface area (Å²) in [7, 11) is 0. The smallest absolute Gasteiger partial charge is 0.254 e. The van der Waals surface area contributed by atoms with E-state index in [2.05, 4.69) is 31.5 Å². The molecule has 5 nitrogen and oxygen atoms in total. The lowest BCUT2D eigenvalue weighted by Crippen LogP contribution is -2.45. The van der Waals surface area contributed by atoms with Crippen LogP contribution in [-0.2, 0) is 9.53 Å². The molecule has 2 N–H and O–H groups in total. The Morgan fingerprint density at radius 3 is 3.20 bits per heavy atom. The number of hydrogen-bond donors (Lipinski definition) is 2. The summed E-state index contributed by atoms with van der Waals surface area (Å²) in [5.41, 5.74) is 1.47. The average molecular weight is 336 g/mol. The molecular formula is C14H14BrN3O2. The molecule has 1 saturated heterocycles. The number of pyridine rings is 1. The van der Waals surface area contributed by atoms with Crippen molar-refractivity contribution < 1.29 is 9.53 Å². The Labute approximate surface area is 124 Å². The quantitative estimate of drug-likeness (QED) is 0.880. The molecule has 1 atom stereocenters. The number of aromatic nitrogens is 1. The van der Waals surface area contributed by atoms with Gasteiger partial charge in [0.1, 0.15) is 6.10 Å². The number of hydrogen-bond acceptors (Lipinski definition) is 4. The highest BCUT2D eigenvalue weighted by Gasteiger charge is 2.22. The summed E-state index contributed by atoms with van der Waals surface area (Å²) in [5.74, 6) is -0.144. The number of anilines is 1. The van der Waals surface area contributed by atoms with E-state index in [1.54, 1.807) is 6.20 Å². The van der Waals surface area contributed by atoms with Crippen LogP contribution in [0.25, 0.3) is 10.9 Å². The average Bonchev–Trinajstić information content (AvgIpc) is 2.48. The Bertz CT molecular complexity index is 641. The van der Waals surface area contributed by atoms with Crippen LogP contribution < -0.4 is 10.6 Å². The van der Waals surface area contributed by atoms with Crippen molar-refractivity contribution in [1.82, 2.24) is 10.3 Å². The molecule has 1 aromatic heterocycles. The van der Waals surface area contributed by atoms with Gasteiger partial charge in [0.25, 0.3) is 5.91 Å². The predicted molar refractivity (Wildman–Crippen MR) is 80.7 cm³/mol. The molecule has 1 amide bonds. The summed E-state index contributed by atoms with van der Waals surface area (Å²) in [6.45, 7) is 1.88. The molecule has 0 radical (unpaired) electrons. The standard InChI is InChI=1S/C14H14BrN3O2/c15-10-6-9-2-1-3-11(13(9)17-7-10)18-14(19)12-8-16-4-5-20-12/h1-3,6-7,12,16H,4-5,8H2,(H,18,19). The number of morpholine rings is 1. The minimum Gasteiger partial charge on any atom is -0.366 e. The highest BCUT2D eigenvalue weighted by molar-refractivity contribution is 9.10. The molecule has 1 unspecified atom stereocenters. The van der Waals surface area contributed by atoms with Gasteiger partial charge in [-0.15, -0.1) is 0 Å². The van der Waals surface area contributed by atoms with Crippen molar-refractivity contribution in [2.24, 2.45) is 0 Å². The summed E-state index contributed by atoms with van der Waals surface area (Å²) in [4.78, 5) is 16.5. The second-order valence-corrected chi connectivity index (χ2v) is 5.50. The molecule has 2 heterocycles. The minimum atomic E-state index is -0.450. The highest BCUT2D eigenvalue weighted by atomic mass is 79.9. The van der Waals surface area contributed by atoms with Gasteiger partial charge in [0.15, 0.2) is 0 Å². The number of fused-ring (bicyclic) bond motifs is 1. The van der Waals surface area contributed by atoms with E-state index in [0.29, 0.717) is 18.8 Å². The van der Waals surface area contributed by atoms with Gasteiger partial charge in [0.2, 0.25) is 0 Å². The van der Waals surface area contributed by atoms with E-state index in [1.165, 1.54) is 0 Å². The predicted octanol–water partition coefficient (Wildman–Crippen LogP) is 1.92. The van der Waals surface area contributed by atoms with E-state index in [0.717, 1.165) is 21.9 Å². The number of benzene rings is 1. The summed E-state index contributed by atoms with van der Waals surface area (Å²) in [6.07, 6.45) is 1.27. The van der Waals surface area contributed by atoms with Crippen LogP contribution in [-0.4, -0.2) is 36.7 Å². The second kappa shape index (κ2) is 5.87. The van der Waals surface area contributed by atoms with Crippen LogP contribution in [0.5, 0.6) is 0 Å². The normalized spacial score (nSPS) is 18.9. The third kappa shape index (κ3) is 2.82. The first-order valence-corrected chi connectivity index (χ1v) is 7.21. The van der Waals surface area contributed by atoms with Crippen LogP contribution in [0, 0.1) is 0 Å². The molecule has 1 fully saturated rings. The van der Waals surface area contributed by atoms with Crippen molar-refractivity contribution in [3.05, 3.63) is 34.9 Å². The van der Waals surface area contributed by atoms with Gasteiger partial charge in [0, 0.05) is 29.1 Å². The number of carbonyl (C=O) groups excluding carboxylic acids is 1. The maximum atomic E-state index is 12.2. The van der Waals surface area contributed by atoms with E-state index < -0.39 is 6.10 Å². The Balaban J connectivity index is 1.85. The summed E-state index contributed by atoms with van der Waals surface area (Å²) < 4.78 is 6.35. The molecule has 20 heavy (non-hydrogen) atoms. The fourth-order valence-corrected chi connectivity index (χ4v) is 2.53. The first kappa shape index (κ1) is 13.5. The third-order valence-electron chi connectivity index (χ3n) is 3.16. The lowest BCUT2D eigenvalue weighted by molar-refractivity contribution is -0.128. The van der Waals surface area contributed by atoms with Crippen LogP contribution in [0.15, 0.2) is 34.9 Å². The largest absolute Gasteiger partial charge is 0.366 e. The second-order valence-electron chi connectivity index (χ2n) is 4.58. The van der Waals surface area contributed by atoms with Gasteiger partial charge in [-0.2, -0.15) is 0 Å². The number of carbonyl (C=O) groups is 1.